The van der Waals surface area contributed by atoms with Crippen LogP contribution >= 0.6 is 0 Å². The van der Waals surface area contributed by atoms with E-state index in [9.17, 15) is 4.79 Å². The monoisotopic (exact) mass is 275 g/mol. The lowest BCUT2D eigenvalue weighted by molar-refractivity contribution is 0.477. The Morgan fingerprint density at radius 2 is 1.85 bits per heavy atom. The molecule has 0 aliphatic heterocycles. The number of nitrogens with one attached hydrogen (secondary N) is 1. The number of H-pyrrole nitrogens is 1. The van der Waals surface area contributed by atoms with Crippen molar-refractivity contribution in [1.29, 1.82) is 0 Å². The molecule has 1 aromatic carbocycles. The predicted molar refractivity (Wildman–Crippen MR) is 82.2 cm³/mol. The van der Waals surface area contributed by atoms with Crippen molar-refractivity contribution in [3.8, 4) is 0 Å². The van der Waals surface area contributed by atoms with E-state index < -0.39 is 0 Å². The van der Waals surface area contributed by atoms with Gasteiger partial charge >= 0.3 is 5.69 Å². The molecule has 0 radical (unpaired) electrons. The number of hydrogen-bond acceptors (Lipinski definition) is 2. The van der Waals surface area contributed by atoms with Gasteiger partial charge < -0.3 is 14.8 Å². The number of guanidine groups is 1. The molecule has 20 heavy (non-hydrogen) atoms. The van der Waals surface area contributed by atoms with Gasteiger partial charge in [-0.2, -0.15) is 0 Å². The number of aliphatic imine (C=N–C) groups is 1. The van der Waals surface area contributed by atoms with E-state index in [1.807, 2.05) is 62.3 Å². The summed E-state index contributed by atoms with van der Waals surface area (Å²) < 4.78 is 1.72. The molecule has 0 fully saturated rings. The fourth-order valence-electron chi connectivity index (χ4n) is 2.26. The second-order valence-electron chi connectivity index (χ2n) is 5.07. The lowest BCUT2D eigenvalue weighted by atomic mass is 10.3. The fraction of sp³-hybridized carbons (Fsp3) is 0.429. The molecule has 2 aromatic rings. The second kappa shape index (κ2) is 5.81. The van der Waals surface area contributed by atoms with Gasteiger partial charge in [0, 0.05) is 34.7 Å². The Morgan fingerprint density at radius 3 is 2.50 bits per heavy atom. The number of rotatable bonds is 3. The second-order valence-corrected chi connectivity index (χ2v) is 5.07. The van der Waals surface area contributed by atoms with Gasteiger partial charge in [0.1, 0.15) is 0 Å². The van der Waals surface area contributed by atoms with Crippen molar-refractivity contribution < 1.29 is 0 Å². The van der Waals surface area contributed by atoms with Crippen molar-refractivity contribution in [3.63, 3.8) is 0 Å². The summed E-state index contributed by atoms with van der Waals surface area (Å²) >= 11 is 0. The molecule has 0 aliphatic rings. The van der Waals surface area contributed by atoms with Crippen LogP contribution in [0.15, 0.2) is 34.1 Å². The quantitative estimate of drug-likeness (QED) is 0.666. The zero-order valence-electron chi connectivity index (χ0n) is 12.4. The molecule has 0 amide bonds. The highest BCUT2D eigenvalue weighted by molar-refractivity contribution is 5.79. The normalized spacial score (nSPS) is 10.6. The average molecular weight is 275 g/mol. The highest BCUT2D eigenvalue weighted by Gasteiger charge is 2.06. The fourth-order valence-corrected chi connectivity index (χ4v) is 2.26. The van der Waals surface area contributed by atoms with Crippen LogP contribution < -0.4 is 5.69 Å². The number of imidazole rings is 1. The van der Waals surface area contributed by atoms with Gasteiger partial charge in [-0.05, 0) is 12.1 Å². The van der Waals surface area contributed by atoms with Gasteiger partial charge in [0.2, 0.25) is 0 Å². The molecule has 0 saturated heterocycles. The Labute approximate surface area is 118 Å². The summed E-state index contributed by atoms with van der Waals surface area (Å²) in [6, 6.07) is 7.69. The SMILES string of the molecule is CN(C)C(=NCCn1c(=O)[nH]c2ccccc21)N(C)C. The maximum atomic E-state index is 11.9. The van der Waals surface area contributed by atoms with Crippen LogP contribution in [0, 0.1) is 0 Å². The van der Waals surface area contributed by atoms with Gasteiger partial charge in [-0.1, -0.05) is 12.1 Å². The van der Waals surface area contributed by atoms with Crippen LogP contribution in [0.5, 0.6) is 0 Å². The van der Waals surface area contributed by atoms with Crippen LogP contribution in [-0.2, 0) is 6.54 Å². The topological polar surface area (TPSA) is 56.6 Å². The summed E-state index contributed by atoms with van der Waals surface area (Å²) in [5.74, 6) is 0.887. The lowest BCUT2D eigenvalue weighted by Gasteiger charge is -2.22. The number of hydrogen-bond donors (Lipinski definition) is 1. The van der Waals surface area contributed by atoms with Gasteiger partial charge in [0.15, 0.2) is 5.96 Å². The van der Waals surface area contributed by atoms with Crippen LogP contribution in [0.1, 0.15) is 0 Å². The molecule has 0 unspecified atom stereocenters. The molecule has 1 N–H and O–H groups in total. The summed E-state index contributed by atoms with van der Waals surface area (Å²) in [4.78, 5) is 23.2. The molecule has 1 heterocycles. The van der Waals surface area contributed by atoms with Crippen molar-refractivity contribution in [2.45, 2.75) is 6.54 Å². The number of nitrogens with zero attached hydrogens (tertiary/aromatic N) is 4. The molecule has 0 aliphatic carbocycles. The van der Waals surface area contributed by atoms with Crippen LogP contribution in [0.2, 0.25) is 0 Å². The summed E-state index contributed by atoms with van der Waals surface area (Å²) in [7, 11) is 7.82. The Bertz CT molecular complexity index is 655. The molecular formula is C14H21N5O. The number of fused-ring (bicyclic) bond motifs is 1. The first-order chi connectivity index (χ1) is 9.50. The minimum absolute atomic E-state index is 0.0855. The first-order valence-electron chi connectivity index (χ1n) is 6.57. The van der Waals surface area contributed by atoms with Crippen molar-refractivity contribution >= 4 is 17.0 Å². The molecule has 0 saturated carbocycles. The predicted octanol–water partition coefficient (Wildman–Crippen LogP) is 0.809. The van der Waals surface area contributed by atoms with E-state index >= 15 is 0 Å². The van der Waals surface area contributed by atoms with E-state index in [2.05, 4.69) is 9.98 Å². The largest absolute Gasteiger partial charge is 0.349 e. The Morgan fingerprint density at radius 1 is 1.20 bits per heavy atom. The van der Waals surface area contributed by atoms with Gasteiger partial charge in [0.25, 0.3) is 0 Å². The van der Waals surface area contributed by atoms with E-state index in [0.29, 0.717) is 13.1 Å². The minimum Gasteiger partial charge on any atom is -0.349 e. The van der Waals surface area contributed by atoms with Crippen molar-refractivity contribution in [2.24, 2.45) is 4.99 Å². The minimum atomic E-state index is -0.0855. The molecule has 0 atom stereocenters. The van der Waals surface area contributed by atoms with Crippen LogP contribution in [0.25, 0.3) is 11.0 Å². The van der Waals surface area contributed by atoms with Gasteiger partial charge in [0.05, 0.1) is 17.6 Å². The van der Waals surface area contributed by atoms with E-state index in [1.165, 1.54) is 0 Å². The van der Waals surface area contributed by atoms with Gasteiger partial charge in [-0.3, -0.25) is 9.56 Å². The summed E-state index contributed by atoms with van der Waals surface area (Å²) in [5, 5.41) is 0. The third-order valence-corrected chi connectivity index (χ3v) is 3.06. The van der Waals surface area contributed by atoms with E-state index in [1.54, 1.807) is 4.57 Å². The molecule has 1 aromatic heterocycles. The Hall–Kier alpha value is -2.24. The molecule has 108 valence electrons. The zero-order valence-corrected chi connectivity index (χ0v) is 12.4. The zero-order chi connectivity index (χ0) is 14.7. The maximum Gasteiger partial charge on any atom is 0.326 e. The van der Waals surface area contributed by atoms with Crippen molar-refractivity contribution in [2.75, 3.05) is 34.7 Å². The molecule has 2 rings (SSSR count). The third kappa shape index (κ3) is 2.84. The maximum absolute atomic E-state index is 11.9. The van der Waals surface area contributed by atoms with Crippen molar-refractivity contribution in [1.82, 2.24) is 19.4 Å². The summed E-state index contributed by atoms with van der Waals surface area (Å²) in [6.45, 7) is 1.13. The standard InChI is InChI=1S/C14H21N5O/c1-17(2)13(18(3)4)15-9-10-19-12-8-6-5-7-11(12)16-14(19)20/h5-8H,9-10H2,1-4H3,(H,16,20). The number of para-hydroxylation sites is 2. The van der Waals surface area contributed by atoms with E-state index in [-0.39, 0.29) is 5.69 Å². The number of aromatic amines is 1. The van der Waals surface area contributed by atoms with Crippen LogP contribution in [0.3, 0.4) is 0 Å². The molecule has 6 nitrogen and oxygen atoms in total. The average Bonchev–Trinajstić information content (AvgIpc) is 2.69. The first kappa shape index (κ1) is 14.2. The summed E-state index contributed by atoms with van der Waals surface area (Å²) in [5.41, 5.74) is 1.70. The van der Waals surface area contributed by atoms with E-state index in [0.717, 1.165) is 17.0 Å². The lowest BCUT2D eigenvalue weighted by Crippen LogP contribution is -2.35. The Balaban J connectivity index is 2.19. The smallest absolute Gasteiger partial charge is 0.326 e. The number of aromatic nitrogens is 2. The molecular weight excluding hydrogens is 254 g/mol. The highest BCUT2D eigenvalue weighted by atomic mass is 16.1. The Kier molecular flexibility index (Phi) is 4.12. The van der Waals surface area contributed by atoms with Crippen molar-refractivity contribution in [3.05, 3.63) is 34.7 Å². The van der Waals surface area contributed by atoms with Gasteiger partial charge in [-0.15, -0.1) is 0 Å². The molecule has 0 spiro atoms. The van der Waals surface area contributed by atoms with Crippen LogP contribution in [-0.4, -0.2) is 60.0 Å². The third-order valence-electron chi connectivity index (χ3n) is 3.06. The molecule has 6 heteroatoms. The van der Waals surface area contributed by atoms with E-state index in [4.69, 9.17) is 0 Å². The molecule has 0 bridgehead atoms. The van der Waals surface area contributed by atoms with Crippen LogP contribution in [0.4, 0.5) is 0 Å². The summed E-state index contributed by atoms with van der Waals surface area (Å²) in [6.07, 6.45) is 0. The highest BCUT2D eigenvalue weighted by Crippen LogP contribution is 2.08. The van der Waals surface area contributed by atoms with Gasteiger partial charge in [-0.25, -0.2) is 4.79 Å². The first-order valence-corrected chi connectivity index (χ1v) is 6.57. The number of benzene rings is 1.